The van der Waals surface area contributed by atoms with Gasteiger partial charge >= 0.3 is 0 Å². The van der Waals surface area contributed by atoms with Crippen LogP contribution in [0.1, 0.15) is 27.3 Å². The van der Waals surface area contributed by atoms with Crippen molar-refractivity contribution in [2.45, 2.75) is 6.42 Å². The predicted octanol–water partition coefficient (Wildman–Crippen LogP) is 2.70. The first-order valence-corrected chi connectivity index (χ1v) is 6.92. The molecule has 0 bridgehead atoms. The Balaban J connectivity index is 2.15. The van der Waals surface area contributed by atoms with E-state index in [0.29, 0.717) is 24.2 Å². The van der Waals surface area contributed by atoms with Crippen LogP contribution in [0.3, 0.4) is 0 Å². The van der Waals surface area contributed by atoms with Gasteiger partial charge in [0.15, 0.2) is 5.78 Å². The van der Waals surface area contributed by atoms with E-state index in [1.54, 1.807) is 11.3 Å². The summed E-state index contributed by atoms with van der Waals surface area (Å²) in [6.45, 7) is 0.409. The Labute approximate surface area is 112 Å². The molecule has 0 unspecified atom stereocenters. The number of hydrogen-bond acceptors (Lipinski definition) is 3. The summed E-state index contributed by atoms with van der Waals surface area (Å²) < 4.78 is 2.03. The number of aromatic amines is 1. The van der Waals surface area contributed by atoms with Crippen LogP contribution in [-0.2, 0) is 0 Å². The molecule has 4 rings (SSSR count). The van der Waals surface area contributed by atoms with Crippen molar-refractivity contribution in [3.05, 3.63) is 35.5 Å². The summed E-state index contributed by atoms with van der Waals surface area (Å²) in [4.78, 5) is 27.3. The quantitative estimate of drug-likeness (QED) is 0.659. The molecular weight excluding hydrogens is 260 g/mol. The maximum absolute atomic E-state index is 12.2. The summed E-state index contributed by atoms with van der Waals surface area (Å²) in [7, 11) is 0. The number of fused-ring (bicyclic) bond motifs is 5. The highest BCUT2D eigenvalue weighted by Crippen LogP contribution is 2.37. The first-order valence-electron chi connectivity index (χ1n) is 6.10. The van der Waals surface area contributed by atoms with Gasteiger partial charge in [-0.05, 0) is 6.07 Å². The summed E-state index contributed by atoms with van der Waals surface area (Å²) in [6.07, 6.45) is 0.361. The molecule has 0 fully saturated rings. The van der Waals surface area contributed by atoms with E-state index >= 15 is 0 Å². The number of nitrogens with one attached hydrogen (secondary N) is 2. The van der Waals surface area contributed by atoms with Crippen molar-refractivity contribution >= 4 is 43.3 Å². The molecule has 0 aliphatic carbocycles. The van der Waals surface area contributed by atoms with Gasteiger partial charge in [0.05, 0.1) is 15.8 Å². The molecule has 4 nitrogen and oxygen atoms in total. The molecule has 1 amide bonds. The van der Waals surface area contributed by atoms with Gasteiger partial charge in [0.2, 0.25) is 0 Å². The smallest absolute Gasteiger partial charge is 0.268 e. The first-order chi connectivity index (χ1) is 9.25. The number of H-pyrrole nitrogens is 1. The molecule has 0 saturated heterocycles. The molecule has 2 aromatic heterocycles. The average molecular weight is 270 g/mol. The Hall–Kier alpha value is -2.14. The number of carbonyl (C=O) groups is 2. The first kappa shape index (κ1) is 10.8. The van der Waals surface area contributed by atoms with Gasteiger partial charge in [-0.2, -0.15) is 0 Å². The van der Waals surface area contributed by atoms with E-state index in [0.717, 1.165) is 20.3 Å². The molecule has 3 heterocycles. The highest BCUT2D eigenvalue weighted by molar-refractivity contribution is 7.26. The fourth-order valence-corrected chi connectivity index (χ4v) is 3.81. The van der Waals surface area contributed by atoms with E-state index < -0.39 is 0 Å². The van der Waals surface area contributed by atoms with Crippen LogP contribution in [-0.4, -0.2) is 23.2 Å². The fourth-order valence-electron chi connectivity index (χ4n) is 2.59. The maximum Gasteiger partial charge on any atom is 0.268 e. The Bertz CT molecular complexity index is 844. The molecule has 3 aromatic rings. The van der Waals surface area contributed by atoms with E-state index in [2.05, 4.69) is 10.3 Å². The Kier molecular flexibility index (Phi) is 2.08. The minimum atomic E-state index is -0.187. The minimum Gasteiger partial charge on any atom is -0.350 e. The van der Waals surface area contributed by atoms with Crippen molar-refractivity contribution < 1.29 is 9.59 Å². The summed E-state index contributed by atoms with van der Waals surface area (Å²) in [6, 6.07) is 7.97. The van der Waals surface area contributed by atoms with Crippen molar-refractivity contribution in [2.24, 2.45) is 0 Å². The lowest BCUT2D eigenvalue weighted by Gasteiger charge is -1.96. The predicted molar refractivity (Wildman–Crippen MR) is 75.0 cm³/mol. The molecular formula is C14H10N2O2S. The van der Waals surface area contributed by atoms with Crippen LogP contribution >= 0.6 is 11.3 Å². The Morgan fingerprint density at radius 2 is 2.00 bits per heavy atom. The van der Waals surface area contributed by atoms with Gasteiger partial charge in [0, 0.05) is 23.1 Å². The van der Waals surface area contributed by atoms with E-state index in [-0.39, 0.29) is 11.7 Å². The summed E-state index contributed by atoms with van der Waals surface area (Å²) in [5, 5.41) is 3.81. The molecule has 0 atom stereocenters. The molecule has 2 N–H and O–H groups in total. The molecule has 5 heteroatoms. The van der Waals surface area contributed by atoms with E-state index in [1.165, 1.54) is 0 Å². The standard InChI is InChI=1S/C14H10N2O2S/c17-8-5-6-15-14(18)12-10(8)13-11(16-12)7-3-1-2-4-9(7)19-13/h1-4,16H,5-6H2,(H,15,18). The molecule has 94 valence electrons. The third-order valence-corrected chi connectivity index (χ3v) is 4.65. The summed E-state index contributed by atoms with van der Waals surface area (Å²) in [5.74, 6) is -0.153. The molecule has 0 spiro atoms. The lowest BCUT2D eigenvalue weighted by atomic mass is 10.1. The second-order valence-electron chi connectivity index (χ2n) is 4.61. The normalized spacial score (nSPS) is 15.6. The number of aromatic nitrogens is 1. The third-order valence-electron chi connectivity index (χ3n) is 3.47. The van der Waals surface area contributed by atoms with Gasteiger partial charge in [-0.1, -0.05) is 18.2 Å². The monoisotopic (exact) mass is 270 g/mol. The molecule has 19 heavy (non-hydrogen) atoms. The number of thiophene rings is 1. The van der Waals surface area contributed by atoms with Gasteiger partial charge in [0.25, 0.3) is 5.91 Å². The van der Waals surface area contributed by atoms with Gasteiger partial charge in [-0.15, -0.1) is 11.3 Å². The number of ketones is 1. The van der Waals surface area contributed by atoms with Crippen LogP contribution < -0.4 is 5.32 Å². The zero-order valence-electron chi connectivity index (χ0n) is 9.95. The molecule has 1 aliphatic rings. The van der Waals surface area contributed by atoms with Gasteiger partial charge in [-0.3, -0.25) is 9.59 Å². The molecule has 1 aromatic carbocycles. The Morgan fingerprint density at radius 3 is 2.89 bits per heavy atom. The summed E-state index contributed by atoms with van der Waals surface area (Å²) in [5.41, 5.74) is 1.87. The summed E-state index contributed by atoms with van der Waals surface area (Å²) >= 11 is 1.57. The van der Waals surface area contributed by atoms with Crippen LogP contribution in [0.5, 0.6) is 0 Å². The van der Waals surface area contributed by atoms with Crippen molar-refractivity contribution in [3.8, 4) is 0 Å². The van der Waals surface area contributed by atoms with Crippen LogP contribution in [0.25, 0.3) is 20.3 Å². The van der Waals surface area contributed by atoms with Crippen molar-refractivity contribution in [3.63, 3.8) is 0 Å². The number of benzene rings is 1. The average Bonchev–Trinajstić information content (AvgIpc) is 2.89. The topological polar surface area (TPSA) is 62.0 Å². The van der Waals surface area contributed by atoms with Gasteiger partial charge < -0.3 is 10.3 Å². The van der Waals surface area contributed by atoms with Crippen LogP contribution in [0, 0.1) is 0 Å². The highest BCUT2D eigenvalue weighted by Gasteiger charge is 2.27. The van der Waals surface area contributed by atoms with Gasteiger partial charge in [-0.25, -0.2) is 0 Å². The second-order valence-corrected chi connectivity index (χ2v) is 5.66. The number of carbonyl (C=O) groups excluding carboxylic acids is 2. The zero-order valence-corrected chi connectivity index (χ0v) is 10.8. The zero-order chi connectivity index (χ0) is 13.0. The molecule has 1 aliphatic heterocycles. The fraction of sp³-hybridized carbons (Fsp3) is 0.143. The number of Topliss-reactive ketones (excluding diaryl/α,β-unsaturated/α-hetero) is 1. The molecule has 0 radical (unpaired) electrons. The molecule has 0 saturated carbocycles. The minimum absolute atomic E-state index is 0.0335. The number of rotatable bonds is 0. The third kappa shape index (κ3) is 1.39. The van der Waals surface area contributed by atoms with E-state index in [1.807, 2.05) is 24.3 Å². The highest BCUT2D eigenvalue weighted by atomic mass is 32.1. The number of amides is 1. The lowest BCUT2D eigenvalue weighted by molar-refractivity contribution is 0.0952. The van der Waals surface area contributed by atoms with Crippen LogP contribution in [0.15, 0.2) is 24.3 Å². The maximum atomic E-state index is 12.2. The largest absolute Gasteiger partial charge is 0.350 e. The second kappa shape index (κ2) is 3.68. The lowest BCUT2D eigenvalue weighted by Crippen LogP contribution is -2.23. The SMILES string of the molecule is O=C1NCCC(=O)c2c1[nH]c1c2sc2ccccc21. The van der Waals surface area contributed by atoms with Crippen molar-refractivity contribution in [2.75, 3.05) is 6.54 Å². The Morgan fingerprint density at radius 1 is 1.16 bits per heavy atom. The van der Waals surface area contributed by atoms with E-state index in [9.17, 15) is 9.59 Å². The van der Waals surface area contributed by atoms with Crippen LogP contribution in [0.2, 0.25) is 0 Å². The van der Waals surface area contributed by atoms with Crippen molar-refractivity contribution in [1.82, 2.24) is 10.3 Å². The van der Waals surface area contributed by atoms with E-state index in [4.69, 9.17) is 0 Å². The van der Waals surface area contributed by atoms with Crippen molar-refractivity contribution in [1.29, 1.82) is 0 Å². The number of hydrogen-bond donors (Lipinski definition) is 2. The van der Waals surface area contributed by atoms with Gasteiger partial charge in [0.1, 0.15) is 5.69 Å². The van der Waals surface area contributed by atoms with Crippen LogP contribution in [0.4, 0.5) is 0 Å².